The summed E-state index contributed by atoms with van der Waals surface area (Å²) in [5.74, 6) is -0.424. The molecule has 3 nitrogen and oxygen atoms in total. The van der Waals surface area contributed by atoms with Gasteiger partial charge in [-0.25, -0.2) is 4.79 Å². The van der Waals surface area contributed by atoms with Gasteiger partial charge in [0.1, 0.15) is 6.10 Å². The maximum absolute atomic E-state index is 11.9. The molecular formula is C19H18O3. The van der Waals surface area contributed by atoms with Crippen molar-refractivity contribution in [1.29, 1.82) is 0 Å². The molecule has 1 N–H and O–H groups in total. The number of carbonyl (C=O) groups excluding carboxylic acids is 1. The van der Waals surface area contributed by atoms with Crippen molar-refractivity contribution < 1.29 is 14.6 Å². The van der Waals surface area contributed by atoms with E-state index in [0.717, 1.165) is 16.7 Å². The van der Waals surface area contributed by atoms with Gasteiger partial charge >= 0.3 is 5.97 Å². The Morgan fingerprint density at radius 1 is 1.00 bits per heavy atom. The Morgan fingerprint density at radius 2 is 1.64 bits per heavy atom. The molecule has 2 aromatic carbocycles. The zero-order chi connectivity index (χ0) is 15.4. The van der Waals surface area contributed by atoms with Gasteiger partial charge in [0, 0.05) is 18.9 Å². The highest BCUT2D eigenvalue weighted by atomic mass is 16.6. The van der Waals surface area contributed by atoms with Gasteiger partial charge in [-0.15, -0.1) is 0 Å². The van der Waals surface area contributed by atoms with Crippen molar-refractivity contribution >= 4 is 12.0 Å². The predicted molar refractivity (Wildman–Crippen MR) is 85.2 cm³/mol. The molecule has 2 aromatic rings. The molecule has 1 aliphatic rings. The summed E-state index contributed by atoms with van der Waals surface area (Å²) in [4.78, 5) is 11.9. The normalized spacial score (nSPS) is 20.6. The van der Waals surface area contributed by atoms with Crippen LogP contribution in [0.4, 0.5) is 0 Å². The van der Waals surface area contributed by atoms with E-state index in [0.29, 0.717) is 12.8 Å². The largest absolute Gasteiger partial charge is 0.456 e. The molecule has 0 saturated carbocycles. The first-order chi connectivity index (χ1) is 10.7. The van der Waals surface area contributed by atoms with E-state index in [2.05, 4.69) is 0 Å². The van der Waals surface area contributed by atoms with E-state index >= 15 is 0 Å². The van der Waals surface area contributed by atoms with Gasteiger partial charge in [0.05, 0.1) is 6.10 Å². The Kier molecular flexibility index (Phi) is 4.35. The number of aliphatic hydroxyl groups is 1. The number of rotatable bonds is 3. The fourth-order valence-corrected chi connectivity index (χ4v) is 2.70. The monoisotopic (exact) mass is 294 g/mol. The van der Waals surface area contributed by atoms with Gasteiger partial charge in [-0.05, 0) is 22.8 Å². The van der Waals surface area contributed by atoms with Crippen LogP contribution in [0.3, 0.4) is 0 Å². The highest BCUT2D eigenvalue weighted by Crippen LogP contribution is 2.23. The number of esters is 1. The van der Waals surface area contributed by atoms with E-state index in [9.17, 15) is 9.90 Å². The molecule has 3 rings (SSSR count). The molecule has 0 amide bonds. The van der Waals surface area contributed by atoms with Crippen LogP contribution in [0, 0.1) is 0 Å². The summed E-state index contributed by atoms with van der Waals surface area (Å²) >= 11 is 0. The Labute approximate surface area is 129 Å². The maximum Gasteiger partial charge on any atom is 0.331 e. The molecule has 2 atom stereocenters. The Morgan fingerprint density at radius 3 is 2.36 bits per heavy atom. The minimum atomic E-state index is -0.649. The average Bonchev–Trinajstić information content (AvgIpc) is 2.55. The van der Waals surface area contributed by atoms with Crippen LogP contribution in [0.25, 0.3) is 6.08 Å². The van der Waals surface area contributed by atoms with Gasteiger partial charge in [-0.3, -0.25) is 0 Å². The first-order valence-electron chi connectivity index (χ1n) is 7.41. The summed E-state index contributed by atoms with van der Waals surface area (Å²) in [6.45, 7) is 0. The number of fused-ring (bicyclic) bond motifs is 1. The third kappa shape index (κ3) is 3.43. The van der Waals surface area contributed by atoms with Crippen molar-refractivity contribution in [3.8, 4) is 0 Å². The van der Waals surface area contributed by atoms with E-state index < -0.39 is 18.2 Å². The third-order valence-electron chi connectivity index (χ3n) is 3.88. The van der Waals surface area contributed by atoms with Gasteiger partial charge < -0.3 is 9.84 Å². The van der Waals surface area contributed by atoms with Crippen LogP contribution < -0.4 is 0 Å². The zero-order valence-electron chi connectivity index (χ0n) is 12.2. The molecule has 0 spiro atoms. The second-order valence-corrected chi connectivity index (χ2v) is 5.46. The van der Waals surface area contributed by atoms with Gasteiger partial charge in [-0.1, -0.05) is 54.6 Å². The number of aliphatic hydroxyl groups excluding tert-OH is 1. The first kappa shape index (κ1) is 14.5. The molecule has 0 unspecified atom stereocenters. The highest BCUT2D eigenvalue weighted by Gasteiger charge is 2.29. The lowest BCUT2D eigenvalue weighted by Crippen LogP contribution is -2.38. The number of hydrogen-bond donors (Lipinski definition) is 1. The summed E-state index contributed by atoms with van der Waals surface area (Å²) in [7, 11) is 0. The van der Waals surface area contributed by atoms with Crippen LogP contribution in [0.2, 0.25) is 0 Å². The van der Waals surface area contributed by atoms with Crippen molar-refractivity contribution in [2.45, 2.75) is 25.0 Å². The lowest BCUT2D eigenvalue weighted by molar-refractivity contribution is -0.149. The summed E-state index contributed by atoms with van der Waals surface area (Å²) in [6, 6.07) is 17.5. The van der Waals surface area contributed by atoms with Gasteiger partial charge in [0.2, 0.25) is 0 Å². The molecule has 0 aliphatic heterocycles. The topological polar surface area (TPSA) is 46.5 Å². The summed E-state index contributed by atoms with van der Waals surface area (Å²) in [5.41, 5.74) is 3.20. The van der Waals surface area contributed by atoms with Crippen LogP contribution in [0.15, 0.2) is 60.7 Å². The molecule has 112 valence electrons. The van der Waals surface area contributed by atoms with Crippen LogP contribution in [-0.4, -0.2) is 23.3 Å². The summed E-state index contributed by atoms with van der Waals surface area (Å²) in [5, 5.41) is 10.1. The predicted octanol–water partition coefficient (Wildman–Crippen LogP) is 2.77. The highest BCUT2D eigenvalue weighted by molar-refractivity contribution is 5.87. The second kappa shape index (κ2) is 6.58. The van der Waals surface area contributed by atoms with Gasteiger partial charge in [0.15, 0.2) is 0 Å². The quantitative estimate of drug-likeness (QED) is 0.699. The Bertz CT molecular complexity index is 676. The van der Waals surface area contributed by atoms with Crippen molar-refractivity contribution in [3.63, 3.8) is 0 Å². The van der Waals surface area contributed by atoms with Gasteiger partial charge in [-0.2, -0.15) is 0 Å². The molecule has 0 fully saturated rings. The smallest absolute Gasteiger partial charge is 0.331 e. The van der Waals surface area contributed by atoms with Crippen LogP contribution in [-0.2, 0) is 22.4 Å². The van der Waals surface area contributed by atoms with Crippen molar-refractivity contribution in [2.75, 3.05) is 0 Å². The Hall–Kier alpha value is -2.39. The molecule has 0 saturated heterocycles. The van der Waals surface area contributed by atoms with E-state index in [-0.39, 0.29) is 0 Å². The van der Waals surface area contributed by atoms with Crippen molar-refractivity contribution in [3.05, 3.63) is 77.4 Å². The minimum absolute atomic E-state index is 0.424. The summed E-state index contributed by atoms with van der Waals surface area (Å²) < 4.78 is 5.41. The van der Waals surface area contributed by atoms with Crippen LogP contribution in [0.5, 0.6) is 0 Å². The van der Waals surface area contributed by atoms with Crippen LogP contribution in [0.1, 0.15) is 16.7 Å². The minimum Gasteiger partial charge on any atom is -0.456 e. The molecule has 3 heteroatoms. The molecule has 22 heavy (non-hydrogen) atoms. The first-order valence-corrected chi connectivity index (χ1v) is 7.41. The molecule has 1 aliphatic carbocycles. The average molecular weight is 294 g/mol. The fourth-order valence-electron chi connectivity index (χ4n) is 2.70. The second-order valence-electron chi connectivity index (χ2n) is 5.46. The lowest BCUT2D eigenvalue weighted by Gasteiger charge is -2.29. The molecule has 0 heterocycles. The van der Waals surface area contributed by atoms with Crippen LogP contribution >= 0.6 is 0 Å². The number of carbonyl (C=O) groups is 1. The van der Waals surface area contributed by atoms with E-state index in [1.807, 2.05) is 54.6 Å². The molecular weight excluding hydrogens is 276 g/mol. The SMILES string of the molecule is O=C(/C=C/c1ccccc1)O[C@@H]1Cc2ccccc2C[C@H]1O. The van der Waals surface area contributed by atoms with Crippen molar-refractivity contribution in [2.24, 2.45) is 0 Å². The maximum atomic E-state index is 11.9. The Balaban J connectivity index is 1.63. The summed E-state index contributed by atoms with van der Waals surface area (Å²) in [6.07, 6.45) is 3.07. The molecule has 0 aromatic heterocycles. The number of hydrogen-bond acceptors (Lipinski definition) is 3. The van der Waals surface area contributed by atoms with E-state index in [1.54, 1.807) is 6.08 Å². The van der Waals surface area contributed by atoms with Gasteiger partial charge in [0.25, 0.3) is 0 Å². The standard InChI is InChI=1S/C19H18O3/c20-17-12-15-8-4-5-9-16(15)13-18(17)22-19(21)11-10-14-6-2-1-3-7-14/h1-11,17-18,20H,12-13H2/b11-10+/t17-,18-/m1/s1. The van der Waals surface area contributed by atoms with Crippen molar-refractivity contribution in [1.82, 2.24) is 0 Å². The number of benzene rings is 2. The lowest BCUT2D eigenvalue weighted by atomic mass is 9.88. The van der Waals surface area contributed by atoms with E-state index in [1.165, 1.54) is 6.08 Å². The fraction of sp³-hybridized carbons (Fsp3) is 0.211. The number of ether oxygens (including phenoxy) is 1. The molecule has 0 bridgehead atoms. The van der Waals surface area contributed by atoms with E-state index in [4.69, 9.17) is 4.74 Å². The zero-order valence-corrected chi connectivity index (χ0v) is 12.2. The third-order valence-corrected chi connectivity index (χ3v) is 3.88. The molecule has 0 radical (unpaired) electrons.